The van der Waals surface area contributed by atoms with Gasteiger partial charge < -0.3 is 32.1 Å². The van der Waals surface area contributed by atoms with E-state index < -0.39 is 41.6 Å². The molecule has 0 saturated carbocycles. The predicted molar refractivity (Wildman–Crippen MR) is 152 cm³/mol. The first-order valence-electron chi connectivity index (χ1n) is 13.7. The van der Waals surface area contributed by atoms with Crippen molar-refractivity contribution in [1.29, 1.82) is 0 Å². The number of aliphatic hydroxyl groups is 1. The fraction of sp³-hybridized carbons (Fsp3) is 0.448. The number of aliphatic imine (C=N–C) groups is 1. The molecule has 4 atom stereocenters. The molecule has 0 spiro atoms. The lowest BCUT2D eigenvalue weighted by Gasteiger charge is -2.27. The summed E-state index contributed by atoms with van der Waals surface area (Å²) in [7, 11) is 0. The highest BCUT2D eigenvalue weighted by atomic mass is 19.4. The molecular formula is C29H37F3N6O4. The Morgan fingerprint density at radius 3 is 2.40 bits per heavy atom. The van der Waals surface area contributed by atoms with Crippen LogP contribution in [0.5, 0.6) is 0 Å². The molecule has 0 aromatic heterocycles. The first kappa shape index (κ1) is 32.7. The summed E-state index contributed by atoms with van der Waals surface area (Å²) in [6.45, 7) is 2.75. The van der Waals surface area contributed by atoms with Gasteiger partial charge in [0.25, 0.3) is 0 Å². The van der Waals surface area contributed by atoms with Crippen LogP contribution in [0, 0.1) is 5.92 Å². The van der Waals surface area contributed by atoms with E-state index in [4.69, 9.17) is 11.5 Å². The second-order valence-electron chi connectivity index (χ2n) is 10.2. The van der Waals surface area contributed by atoms with Crippen molar-refractivity contribution in [2.24, 2.45) is 22.4 Å². The molecule has 0 radical (unpaired) electrons. The second kappa shape index (κ2) is 14.9. The zero-order valence-corrected chi connectivity index (χ0v) is 23.3. The summed E-state index contributed by atoms with van der Waals surface area (Å²) in [6, 6.07) is 2.09. The van der Waals surface area contributed by atoms with Gasteiger partial charge in [-0.15, -0.1) is 0 Å². The number of alkyl halides is 3. The van der Waals surface area contributed by atoms with Crippen molar-refractivity contribution in [2.45, 2.75) is 50.6 Å². The van der Waals surface area contributed by atoms with E-state index in [2.05, 4.69) is 15.6 Å². The van der Waals surface area contributed by atoms with E-state index in [0.29, 0.717) is 25.2 Å². The molecule has 1 aromatic carbocycles. The fourth-order valence-corrected chi connectivity index (χ4v) is 4.58. The van der Waals surface area contributed by atoms with Gasteiger partial charge in [0, 0.05) is 50.4 Å². The average molecular weight is 591 g/mol. The van der Waals surface area contributed by atoms with Crippen molar-refractivity contribution in [2.75, 3.05) is 26.2 Å². The van der Waals surface area contributed by atoms with E-state index in [9.17, 15) is 32.7 Å². The van der Waals surface area contributed by atoms with Crippen molar-refractivity contribution >= 4 is 23.9 Å². The summed E-state index contributed by atoms with van der Waals surface area (Å²) in [6.07, 6.45) is 3.25. The predicted octanol–water partition coefficient (Wildman–Crippen LogP) is 1.73. The number of allylic oxidation sites excluding steroid dienone is 2. The largest absolute Gasteiger partial charge is 0.416 e. The third-order valence-electron chi connectivity index (χ3n) is 7.04. The number of nitrogens with one attached hydrogen (secondary N) is 2. The number of rotatable bonds is 13. The molecule has 0 fully saturated rings. The number of benzene rings is 1. The van der Waals surface area contributed by atoms with Crippen molar-refractivity contribution in [3.8, 4) is 0 Å². The molecule has 0 saturated heterocycles. The summed E-state index contributed by atoms with van der Waals surface area (Å²) in [5, 5.41) is 16.3. The van der Waals surface area contributed by atoms with E-state index in [-0.39, 0.29) is 43.4 Å². The number of fused-ring (bicyclic) bond motifs is 1. The van der Waals surface area contributed by atoms with Gasteiger partial charge in [-0.3, -0.25) is 19.4 Å². The smallest absolute Gasteiger partial charge is 0.386 e. The van der Waals surface area contributed by atoms with Crippen LogP contribution in [0.4, 0.5) is 13.2 Å². The van der Waals surface area contributed by atoms with E-state index >= 15 is 0 Å². The molecule has 4 unspecified atom stereocenters. The summed E-state index contributed by atoms with van der Waals surface area (Å²) in [5.41, 5.74) is 11.5. The highest BCUT2D eigenvalue weighted by molar-refractivity contribution is 5.90. The topological polar surface area (TPSA) is 163 Å². The van der Waals surface area contributed by atoms with Crippen LogP contribution in [0.25, 0.3) is 0 Å². The average Bonchev–Trinajstić information content (AvgIpc) is 2.97. The third kappa shape index (κ3) is 8.84. The van der Waals surface area contributed by atoms with Crippen molar-refractivity contribution in [3.05, 3.63) is 71.0 Å². The van der Waals surface area contributed by atoms with Gasteiger partial charge in [0.2, 0.25) is 17.7 Å². The lowest BCUT2D eigenvalue weighted by molar-refractivity contribution is -0.137. The molecule has 3 rings (SSSR count). The Morgan fingerprint density at radius 1 is 1.12 bits per heavy atom. The highest BCUT2D eigenvalue weighted by Gasteiger charge is 2.34. The number of amides is 3. The molecule has 1 aliphatic heterocycles. The lowest BCUT2D eigenvalue weighted by atomic mass is 9.95. The van der Waals surface area contributed by atoms with Gasteiger partial charge in [-0.25, -0.2) is 0 Å². The molecule has 13 heteroatoms. The van der Waals surface area contributed by atoms with Crippen molar-refractivity contribution < 1.29 is 32.7 Å². The van der Waals surface area contributed by atoms with E-state index in [0.717, 1.165) is 29.8 Å². The minimum absolute atomic E-state index is 0.00563. The summed E-state index contributed by atoms with van der Waals surface area (Å²) < 4.78 is 39.2. The number of carbonyl (C=O) groups is 3. The summed E-state index contributed by atoms with van der Waals surface area (Å²) >= 11 is 0. The molecule has 1 heterocycles. The number of carbonyl (C=O) groups excluding carboxylic acids is 3. The van der Waals surface area contributed by atoms with Crippen molar-refractivity contribution in [3.63, 3.8) is 0 Å². The van der Waals surface area contributed by atoms with Gasteiger partial charge in [0.05, 0.1) is 11.6 Å². The Hall–Kier alpha value is -3.81. The molecule has 0 bridgehead atoms. The number of aliphatic hydroxyl groups excluding tert-OH is 1. The quantitative estimate of drug-likeness (QED) is 0.235. The first-order valence-corrected chi connectivity index (χ1v) is 13.7. The van der Waals surface area contributed by atoms with Crippen LogP contribution in [-0.4, -0.2) is 72.2 Å². The van der Waals surface area contributed by atoms with E-state index in [1.165, 1.54) is 4.90 Å². The molecule has 3 amide bonds. The Kier molecular flexibility index (Phi) is 11.6. The number of hydrogen-bond donors (Lipinski definition) is 5. The maximum absolute atomic E-state index is 13.4. The van der Waals surface area contributed by atoms with Gasteiger partial charge >= 0.3 is 6.18 Å². The van der Waals surface area contributed by atoms with Gasteiger partial charge in [-0.2, -0.15) is 13.2 Å². The molecule has 1 aliphatic carbocycles. The van der Waals surface area contributed by atoms with E-state index in [1.54, 1.807) is 31.4 Å². The minimum Gasteiger partial charge on any atom is -0.386 e. The Morgan fingerprint density at radius 2 is 1.79 bits per heavy atom. The second-order valence-corrected chi connectivity index (χ2v) is 10.2. The molecule has 2 aliphatic rings. The maximum Gasteiger partial charge on any atom is 0.416 e. The number of nitrogens with two attached hydrogens (primary N) is 2. The number of halogens is 3. The molecule has 1 aromatic rings. The van der Waals surface area contributed by atoms with Crippen LogP contribution in [0.3, 0.4) is 0 Å². The first-order chi connectivity index (χ1) is 19.9. The van der Waals surface area contributed by atoms with Gasteiger partial charge in [-0.1, -0.05) is 31.2 Å². The van der Waals surface area contributed by atoms with Crippen LogP contribution in [0.2, 0.25) is 0 Å². The standard InChI is InChI=1S/C29H37F3N6O4/c1-18(4-11-24(39)38(15-12-33)16-13-34)27(41)37-25(26(40)19-5-7-21(8-6-19)29(30,31)32)28(42)36-22-9-10-23-20(17-22)3-2-14-35-23/h2-3,5-9,14,17-18,23,25-26,40H,4,10-13,15-16,33-34H2,1H3,(H,36,42)(H,37,41). The third-order valence-corrected chi connectivity index (χ3v) is 7.04. The molecule has 10 nitrogen and oxygen atoms in total. The molecule has 228 valence electrons. The minimum atomic E-state index is -4.58. The highest BCUT2D eigenvalue weighted by Crippen LogP contribution is 2.30. The van der Waals surface area contributed by atoms with Crippen LogP contribution >= 0.6 is 0 Å². The zero-order chi connectivity index (χ0) is 30.9. The number of nitrogens with zero attached hydrogens (tertiary/aromatic N) is 2. The van der Waals surface area contributed by atoms with Crippen LogP contribution in [-0.2, 0) is 20.6 Å². The van der Waals surface area contributed by atoms with Gasteiger partial charge in [0.1, 0.15) is 12.1 Å². The summed E-state index contributed by atoms with van der Waals surface area (Å²) in [4.78, 5) is 45.0. The normalized spacial score (nSPS) is 18.2. The maximum atomic E-state index is 13.4. The molecule has 7 N–H and O–H groups in total. The van der Waals surface area contributed by atoms with Crippen LogP contribution in [0.1, 0.15) is 43.4 Å². The number of hydrogen-bond acceptors (Lipinski definition) is 7. The fourth-order valence-electron chi connectivity index (χ4n) is 4.58. The van der Waals surface area contributed by atoms with Gasteiger partial charge in [0.15, 0.2) is 0 Å². The number of dihydropyridines is 1. The van der Waals surface area contributed by atoms with Gasteiger partial charge in [-0.05, 0) is 48.3 Å². The zero-order valence-electron chi connectivity index (χ0n) is 23.3. The molecular weight excluding hydrogens is 553 g/mol. The summed E-state index contributed by atoms with van der Waals surface area (Å²) in [5.74, 6) is -2.33. The Bertz CT molecular complexity index is 1240. The molecule has 42 heavy (non-hydrogen) atoms. The Labute approximate surface area is 242 Å². The lowest BCUT2D eigenvalue weighted by Crippen LogP contribution is -2.51. The monoisotopic (exact) mass is 590 g/mol. The van der Waals surface area contributed by atoms with Crippen LogP contribution < -0.4 is 22.1 Å². The van der Waals surface area contributed by atoms with Crippen molar-refractivity contribution in [1.82, 2.24) is 15.5 Å². The van der Waals surface area contributed by atoms with E-state index in [1.807, 2.05) is 6.08 Å². The SMILES string of the molecule is CC(CCC(=O)N(CCN)CCN)C(=O)NC(C(=O)NC1=CCC2N=CC=CC2=C1)C(O)c1ccc(C(F)(F)F)cc1. The van der Waals surface area contributed by atoms with Crippen LogP contribution in [0.15, 0.2) is 64.8 Å². The Balaban J connectivity index is 1.75.